The highest BCUT2D eigenvalue weighted by Gasteiger charge is 2.52. The lowest BCUT2D eigenvalue weighted by Crippen LogP contribution is -2.41. The maximum absolute atomic E-state index is 12.6. The van der Waals surface area contributed by atoms with Gasteiger partial charge in [-0.25, -0.2) is 14.8 Å². The number of hydrogen-bond acceptors (Lipinski definition) is 8. The Balaban J connectivity index is 1.88. The first-order chi connectivity index (χ1) is 16.0. The molecule has 34 heavy (non-hydrogen) atoms. The molecule has 7 nitrogen and oxygen atoms in total. The third kappa shape index (κ3) is 5.75. The molecule has 0 saturated carbocycles. The number of nitrogens with zero attached hydrogens (tertiary/aromatic N) is 2. The fourth-order valence-corrected chi connectivity index (χ4v) is 4.87. The maximum atomic E-state index is 12.6. The Hall–Kier alpha value is -2.10. The van der Waals surface area contributed by atoms with Crippen molar-refractivity contribution >= 4 is 41.9 Å². The molecule has 0 radical (unpaired) electrons. The second-order valence-corrected chi connectivity index (χ2v) is 10.9. The largest absolute Gasteiger partial charge is 0.495 e. The molecule has 1 unspecified atom stereocenters. The van der Waals surface area contributed by atoms with Gasteiger partial charge in [0.15, 0.2) is 0 Å². The summed E-state index contributed by atoms with van der Waals surface area (Å²) >= 11 is 1.80. The van der Waals surface area contributed by atoms with Crippen molar-refractivity contribution in [3.63, 3.8) is 0 Å². The Morgan fingerprint density at radius 1 is 1.21 bits per heavy atom. The first-order valence-corrected chi connectivity index (χ1v) is 12.7. The second kappa shape index (κ2) is 10.7. The minimum atomic E-state index is -0.670. The third-order valence-corrected chi connectivity index (χ3v) is 8.03. The Morgan fingerprint density at radius 3 is 2.47 bits per heavy atom. The molecule has 2 heterocycles. The number of benzene rings is 1. The summed E-state index contributed by atoms with van der Waals surface area (Å²) in [5.74, 6) is 0.0263. The number of ether oxygens (including phenoxy) is 1. The number of esters is 1. The number of carbonyl (C=O) groups is 1. The van der Waals surface area contributed by atoms with E-state index >= 15 is 0 Å². The molecule has 1 aromatic heterocycles. The topological polar surface area (TPSA) is 82.6 Å². The lowest BCUT2D eigenvalue weighted by molar-refractivity contribution is 0.00578. The number of rotatable bonds is 9. The summed E-state index contributed by atoms with van der Waals surface area (Å²) in [6.07, 6.45) is 5.21. The summed E-state index contributed by atoms with van der Waals surface area (Å²) in [6, 6.07) is 5.43. The van der Waals surface area contributed by atoms with Gasteiger partial charge in [0.2, 0.25) is 5.95 Å². The van der Waals surface area contributed by atoms with Gasteiger partial charge in [0.05, 0.1) is 23.9 Å². The molecule has 1 aliphatic rings. The Morgan fingerprint density at radius 2 is 1.88 bits per heavy atom. The normalized spacial score (nSPS) is 17.5. The number of hydrogen-bond donors (Lipinski definition) is 1. The predicted octanol–water partition coefficient (Wildman–Crippen LogP) is 5.29. The average Bonchev–Trinajstić information content (AvgIpc) is 3.01. The van der Waals surface area contributed by atoms with Crippen LogP contribution in [0, 0.1) is 6.92 Å². The number of anilines is 2. The van der Waals surface area contributed by atoms with Crippen molar-refractivity contribution in [2.24, 2.45) is 0 Å². The lowest BCUT2D eigenvalue weighted by atomic mass is 9.75. The maximum Gasteiger partial charge on any atom is 0.495 e. The van der Waals surface area contributed by atoms with Crippen LogP contribution in [0.1, 0.15) is 76.7 Å². The van der Waals surface area contributed by atoms with Gasteiger partial charge in [-0.2, -0.15) is 0 Å². The minimum Gasteiger partial charge on any atom is -0.465 e. The fourth-order valence-electron chi connectivity index (χ4n) is 3.66. The van der Waals surface area contributed by atoms with E-state index in [1.54, 1.807) is 17.8 Å². The van der Waals surface area contributed by atoms with Gasteiger partial charge in [-0.1, -0.05) is 26.3 Å². The van der Waals surface area contributed by atoms with Gasteiger partial charge in [-0.15, -0.1) is 11.8 Å². The quantitative estimate of drug-likeness (QED) is 0.222. The predicted molar refractivity (Wildman–Crippen MR) is 138 cm³/mol. The summed E-state index contributed by atoms with van der Waals surface area (Å²) in [6.45, 7) is 14.4. The molecule has 1 atom stereocenters. The van der Waals surface area contributed by atoms with Crippen LogP contribution in [0.2, 0.25) is 0 Å². The monoisotopic (exact) mass is 485 g/mol. The van der Waals surface area contributed by atoms with Crippen molar-refractivity contribution in [1.82, 2.24) is 9.97 Å². The summed E-state index contributed by atoms with van der Waals surface area (Å²) in [5, 5.41) is 4.74. The zero-order valence-corrected chi connectivity index (χ0v) is 22.3. The zero-order valence-electron chi connectivity index (χ0n) is 21.5. The highest BCUT2D eigenvalue weighted by Crippen LogP contribution is 2.37. The molecule has 0 aliphatic carbocycles. The van der Waals surface area contributed by atoms with E-state index < -0.39 is 24.3 Å². The molecule has 9 heteroatoms. The van der Waals surface area contributed by atoms with E-state index in [4.69, 9.17) is 19.0 Å². The minimum absolute atomic E-state index is 0.377. The molecule has 1 saturated heterocycles. The average molecular weight is 485 g/mol. The van der Waals surface area contributed by atoms with Crippen LogP contribution in [-0.2, 0) is 14.0 Å². The van der Waals surface area contributed by atoms with Crippen LogP contribution < -0.4 is 10.8 Å². The van der Waals surface area contributed by atoms with Crippen LogP contribution in [0.5, 0.6) is 0 Å². The van der Waals surface area contributed by atoms with Crippen molar-refractivity contribution in [3.8, 4) is 0 Å². The molecule has 1 aliphatic heterocycles. The van der Waals surface area contributed by atoms with Crippen molar-refractivity contribution < 1.29 is 18.8 Å². The molecule has 1 fully saturated rings. The molecule has 0 bridgehead atoms. The molecule has 1 aromatic carbocycles. The highest BCUT2D eigenvalue weighted by molar-refractivity contribution is 7.99. The van der Waals surface area contributed by atoms with Gasteiger partial charge >= 0.3 is 13.1 Å². The van der Waals surface area contributed by atoms with Crippen molar-refractivity contribution in [2.75, 3.05) is 12.4 Å². The van der Waals surface area contributed by atoms with Gasteiger partial charge in [-0.05, 0) is 70.6 Å². The van der Waals surface area contributed by atoms with Crippen molar-refractivity contribution in [1.29, 1.82) is 0 Å². The first-order valence-electron chi connectivity index (χ1n) is 11.9. The van der Waals surface area contributed by atoms with Gasteiger partial charge in [0, 0.05) is 17.1 Å². The molecule has 184 valence electrons. The van der Waals surface area contributed by atoms with Gasteiger partial charge in [-0.3, -0.25) is 0 Å². The van der Waals surface area contributed by atoms with E-state index in [-0.39, 0.29) is 0 Å². The Kier molecular flexibility index (Phi) is 8.32. The van der Waals surface area contributed by atoms with E-state index in [1.165, 1.54) is 7.11 Å². The Labute approximate surface area is 207 Å². The van der Waals surface area contributed by atoms with Crippen LogP contribution in [0.25, 0.3) is 0 Å². The van der Waals surface area contributed by atoms with Crippen LogP contribution in [0.15, 0.2) is 29.4 Å². The molecular formula is C25H36BN3O4S. The van der Waals surface area contributed by atoms with Gasteiger partial charge in [0.1, 0.15) is 5.03 Å². The van der Waals surface area contributed by atoms with E-state index in [0.29, 0.717) is 27.9 Å². The molecule has 0 spiro atoms. The molecule has 3 rings (SSSR count). The van der Waals surface area contributed by atoms with Gasteiger partial charge in [0.25, 0.3) is 0 Å². The summed E-state index contributed by atoms with van der Waals surface area (Å²) in [7, 11) is 0.694. The fraction of sp³-hybridized carbons (Fsp3) is 0.560. The van der Waals surface area contributed by atoms with Crippen molar-refractivity contribution in [3.05, 3.63) is 35.5 Å². The van der Waals surface area contributed by atoms with Crippen LogP contribution >= 0.6 is 11.8 Å². The smallest absolute Gasteiger partial charge is 0.465 e. The second-order valence-electron chi connectivity index (χ2n) is 9.63. The van der Waals surface area contributed by atoms with E-state index in [2.05, 4.69) is 24.1 Å². The van der Waals surface area contributed by atoms with Crippen LogP contribution in [0.4, 0.5) is 11.6 Å². The third-order valence-electron chi connectivity index (χ3n) is 6.49. The van der Waals surface area contributed by atoms with E-state index in [9.17, 15) is 4.79 Å². The number of methoxy groups -OCH3 is 1. The molecule has 0 amide bonds. The van der Waals surface area contributed by atoms with Crippen LogP contribution in [-0.4, -0.2) is 46.6 Å². The Bertz CT molecular complexity index is 1020. The summed E-state index contributed by atoms with van der Waals surface area (Å²) in [4.78, 5) is 21.8. The summed E-state index contributed by atoms with van der Waals surface area (Å²) < 4.78 is 17.4. The standard InChI is InChI=1S/C25H36BN3O4S/c1-9-11-18(10-2)34-21-16(3)15-27-23(29-21)28-17-12-13-20(19(14-17)22(30)31-8)26-32-24(4,5)25(6,7)33-26/h12-15,18H,9-11H2,1-8H3,(H,27,28,29). The molecule has 2 aromatic rings. The summed E-state index contributed by atoms with van der Waals surface area (Å²) in [5.41, 5.74) is 1.71. The van der Waals surface area contributed by atoms with E-state index in [0.717, 1.165) is 29.9 Å². The number of carbonyl (C=O) groups excluding carboxylic acids is 1. The van der Waals surface area contributed by atoms with Crippen molar-refractivity contribution in [2.45, 2.75) is 89.2 Å². The highest BCUT2D eigenvalue weighted by atomic mass is 32.2. The lowest BCUT2D eigenvalue weighted by Gasteiger charge is -2.32. The zero-order chi connectivity index (χ0) is 25.1. The molecule has 1 N–H and O–H groups in total. The number of aromatic nitrogens is 2. The SMILES string of the molecule is CCCC(CC)Sc1nc(Nc2ccc(B3OC(C)(C)C(C)(C)O3)c(C(=O)OC)c2)ncc1C. The van der Waals surface area contributed by atoms with Gasteiger partial charge < -0.3 is 19.4 Å². The van der Waals surface area contributed by atoms with Crippen LogP contribution in [0.3, 0.4) is 0 Å². The number of thioether (sulfide) groups is 1. The molecular weight excluding hydrogens is 449 g/mol. The number of nitrogens with one attached hydrogen (secondary N) is 1. The number of aryl methyl sites for hydroxylation is 1. The first kappa shape index (κ1) is 26.5. The van der Waals surface area contributed by atoms with E-state index in [1.807, 2.05) is 52.9 Å².